The second-order valence-electron chi connectivity index (χ2n) is 8.05. The van der Waals surface area contributed by atoms with Gasteiger partial charge in [-0.15, -0.1) is 0 Å². The molecule has 0 N–H and O–H groups in total. The van der Waals surface area contributed by atoms with E-state index in [1.54, 1.807) is 28.9 Å². The Balaban J connectivity index is 0.00000201. The average Bonchev–Trinajstić information content (AvgIpc) is 3.39. The van der Waals surface area contributed by atoms with E-state index >= 15 is 0 Å². The standard InChI is InChI=1S/C22H29N5O3S.3C2H6/c1-8-26(21(28)30-22(3,4)5)14(2)17-12-16(19(29-6)13-23-17)18-11-15-9-10-24-27(15)20(25-18)31-7;3*1-2/h9-14H,8H2,1-7H3;3*1-2H3. The van der Waals surface area contributed by atoms with Crippen LogP contribution in [0.3, 0.4) is 0 Å². The van der Waals surface area contributed by atoms with E-state index in [1.807, 2.05) is 101 Å². The van der Waals surface area contributed by atoms with Gasteiger partial charge in [-0.25, -0.2) is 14.3 Å². The zero-order valence-electron chi connectivity index (χ0n) is 25.0. The predicted octanol–water partition coefficient (Wildman–Crippen LogP) is 7.92. The summed E-state index contributed by atoms with van der Waals surface area (Å²) in [6.45, 7) is 21.9. The average molecular weight is 534 g/mol. The predicted molar refractivity (Wildman–Crippen MR) is 156 cm³/mol. The molecule has 0 saturated carbocycles. The SMILES string of the molecule is CC.CC.CC.CCN(C(=O)OC(C)(C)C)C(C)c1cc(-c2cc3ccnn3c(SC)n2)c(OC)cn1. The number of methoxy groups -OCH3 is 1. The Hall–Kier alpha value is -2.81. The zero-order valence-corrected chi connectivity index (χ0v) is 25.9. The first-order valence-electron chi connectivity index (χ1n) is 13.1. The van der Waals surface area contributed by atoms with E-state index in [0.717, 1.165) is 27.6 Å². The molecule has 0 aromatic carbocycles. The highest BCUT2D eigenvalue weighted by atomic mass is 32.2. The lowest BCUT2D eigenvalue weighted by Gasteiger charge is -2.30. The summed E-state index contributed by atoms with van der Waals surface area (Å²) >= 11 is 1.52. The van der Waals surface area contributed by atoms with Crippen molar-refractivity contribution in [1.82, 2.24) is 24.5 Å². The van der Waals surface area contributed by atoms with Gasteiger partial charge in [0.1, 0.15) is 11.4 Å². The van der Waals surface area contributed by atoms with Crippen molar-refractivity contribution in [3.05, 3.63) is 36.3 Å². The lowest BCUT2D eigenvalue weighted by molar-refractivity contribution is 0.0182. The Morgan fingerprint density at radius 1 is 1.14 bits per heavy atom. The molecule has 1 amide bonds. The summed E-state index contributed by atoms with van der Waals surface area (Å²) in [5.74, 6) is 0.611. The Morgan fingerprint density at radius 2 is 1.76 bits per heavy atom. The molecule has 1 atom stereocenters. The number of amides is 1. The molecule has 1 unspecified atom stereocenters. The van der Waals surface area contributed by atoms with Crippen molar-refractivity contribution in [3.8, 4) is 17.0 Å². The summed E-state index contributed by atoms with van der Waals surface area (Å²) in [5.41, 5.74) is 2.65. The van der Waals surface area contributed by atoms with Gasteiger partial charge < -0.3 is 14.4 Å². The van der Waals surface area contributed by atoms with Gasteiger partial charge in [-0.3, -0.25) is 4.98 Å². The molecule has 0 saturated heterocycles. The van der Waals surface area contributed by atoms with Gasteiger partial charge in [0.2, 0.25) is 0 Å². The van der Waals surface area contributed by atoms with E-state index < -0.39 is 5.60 Å². The summed E-state index contributed by atoms with van der Waals surface area (Å²) in [6.07, 6.45) is 5.01. The third-order valence-corrected chi connectivity index (χ3v) is 5.41. The van der Waals surface area contributed by atoms with Crippen LogP contribution in [0.2, 0.25) is 0 Å². The van der Waals surface area contributed by atoms with Crippen LogP contribution in [0.1, 0.15) is 87.9 Å². The van der Waals surface area contributed by atoms with E-state index in [4.69, 9.17) is 14.5 Å². The summed E-state index contributed by atoms with van der Waals surface area (Å²) in [6, 6.07) is 5.53. The van der Waals surface area contributed by atoms with Crippen molar-refractivity contribution in [2.24, 2.45) is 0 Å². The van der Waals surface area contributed by atoms with Crippen molar-refractivity contribution in [1.29, 1.82) is 0 Å². The van der Waals surface area contributed by atoms with Crippen LogP contribution in [0.4, 0.5) is 4.79 Å². The molecule has 3 heterocycles. The van der Waals surface area contributed by atoms with Crippen LogP contribution in [-0.4, -0.2) is 56.1 Å². The molecule has 0 spiro atoms. The lowest BCUT2D eigenvalue weighted by Crippen LogP contribution is -2.38. The van der Waals surface area contributed by atoms with E-state index in [-0.39, 0.29) is 12.1 Å². The summed E-state index contributed by atoms with van der Waals surface area (Å²) < 4.78 is 12.9. The van der Waals surface area contributed by atoms with Gasteiger partial charge in [-0.2, -0.15) is 5.10 Å². The van der Waals surface area contributed by atoms with Gasteiger partial charge in [0.15, 0.2) is 5.16 Å². The van der Waals surface area contributed by atoms with Gasteiger partial charge >= 0.3 is 6.09 Å². The molecule has 3 rings (SSSR count). The van der Waals surface area contributed by atoms with E-state index in [1.165, 1.54) is 11.8 Å². The first-order chi connectivity index (χ1) is 17.7. The molecule has 3 aromatic heterocycles. The highest BCUT2D eigenvalue weighted by Crippen LogP contribution is 2.33. The topological polar surface area (TPSA) is 81.9 Å². The quantitative estimate of drug-likeness (QED) is 0.235. The van der Waals surface area contributed by atoms with Gasteiger partial charge in [-0.05, 0) is 59.1 Å². The molecule has 208 valence electrons. The number of rotatable bonds is 6. The zero-order chi connectivity index (χ0) is 28.8. The maximum atomic E-state index is 12.7. The van der Waals surface area contributed by atoms with Gasteiger partial charge in [0.25, 0.3) is 0 Å². The van der Waals surface area contributed by atoms with Crippen LogP contribution < -0.4 is 4.74 Å². The number of hydrogen-bond acceptors (Lipinski definition) is 7. The van der Waals surface area contributed by atoms with Crippen LogP contribution in [0, 0.1) is 0 Å². The fraction of sp³-hybridized carbons (Fsp3) is 0.571. The minimum atomic E-state index is -0.568. The second-order valence-corrected chi connectivity index (χ2v) is 8.82. The largest absolute Gasteiger partial charge is 0.494 e. The number of fused-ring (bicyclic) bond motifs is 1. The second kappa shape index (κ2) is 16.8. The number of pyridine rings is 1. The molecule has 0 aliphatic rings. The van der Waals surface area contributed by atoms with E-state index in [9.17, 15) is 4.79 Å². The number of thioether (sulfide) groups is 1. The van der Waals surface area contributed by atoms with Crippen LogP contribution in [0.25, 0.3) is 16.8 Å². The number of aromatic nitrogens is 4. The van der Waals surface area contributed by atoms with Crippen molar-refractivity contribution in [3.63, 3.8) is 0 Å². The van der Waals surface area contributed by atoms with Crippen molar-refractivity contribution >= 4 is 23.4 Å². The molecule has 37 heavy (non-hydrogen) atoms. The maximum Gasteiger partial charge on any atom is 0.410 e. The highest BCUT2D eigenvalue weighted by Gasteiger charge is 2.27. The summed E-state index contributed by atoms with van der Waals surface area (Å²) in [7, 11) is 1.61. The summed E-state index contributed by atoms with van der Waals surface area (Å²) in [4.78, 5) is 23.7. The van der Waals surface area contributed by atoms with Crippen molar-refractivity contribution < 1.29 is 14.3 Å². The van der Waals surface area contributed by atoms with Crippen LogP contribution >= 0.6 is 11.8 Å². The molecule has 8 nitrogen and oxygen atoms in total. The molecule has 0 radical (unpaired) electrons. The molecule has 0 bridgehead atoms. The molecule has 3 aromatic rings. The number of ether oxygens (including phenoxy) is 2. The maximum absolute atomic E-state index is 12.7. The lowest BCUT2D eigenvalue weighted by atomic mass is 10.1. The van der Waals surface area contributed by atoms with Crippen LogP contribution in [0.15, 0.2) is 35.7 Å². The molecule has 0 fully saturated rings. The molecular formula is C28H47N5O3S. The molecular weight excluding hydrogens is 486 g/mol. The fourth-order valence-electron chi connectivity index (χ4n) is 3.27. The van der Waals surface area contributed by atoms with Crippen molar-refractivity contribution in [2.75, 3.05) is 19.9 Å². The van der Waals surface area contributed by atoms with Crippen LogP contribution in [-0.2, 0) is 4.74 Å². The Labute approximate surface area is 228 Å². The number of nitrogens with zero attached hydrogens (tertiary/aromatic N) is 5. The molecule has 9 heteroatoms. The fourth-order valence-corrected chi connectivity index (χ4v) is 3.78. The third-order valence-electron chi connectivity index (χ3n) is 4.79. The Bertz CT molecular complexity index is 1080. The number of hydrogen-bond donors (Lipinski definition) is 0. The van der Waals surface area contributed by atoms with E-state index in [2.05, 4.69) is 10.1 Å². The molecule has 0 aliphatic heterocycles. The third kappa shape index (κ3) is 9.22. The monoisotopic (exact) mass is 533 g/mol. The minimum Gasteiger partial charge on any atom is -0.494 e. The smallest absolute Gasteiger partial charge is 0.410 e. The number of carbonyl (C=O) groups excluding carboxylic acids is 1. The van der Waals surface area contributed by atoms with Crippen molar-refractivity contribution in [2.45, 2.75) is 93.0 Å². The van der Waals surface area contributed by atoms with Gasteiger partial charge in [-0.1, -0.05) is 53.3 Å². The molecule has 0 aliphatic carbocycles. The summed E-state index contributed by atoms with van der Waals surface area (Å²) in [5, 5.41) is 5.10. The first kappa shape index (κ1) is 34.2. The van der Waals surface area contributed by atoms with E-state index in [0.29, 0.717) is 12.3 Å². The van der Waals surface area contributed by atoms with Crippen LogP contribution in [0.5, 0.6) is 5.75 Å². The normalized spacial score (nSPS) is 11.1. The van der Waals surface area contributed by atoms with Gasteiger partial charge in [0, 0.05) is 12.1 Å². The Morgan fingerprint density at radius 3 is 2.27 bits per heavy atom. The van der Waals surface area contributed by atoms with Gasteiger partial charge in [0.05, 0.1) is 42.4 Å². The first-order valence-corrected chi connectivity index (χ1v) is 14.3. The Kier molecular flexibility index (Phi) is 15.6. The highest BCUT2D eigenvalue weighted by molar-refractivity contribution is 7.98. The number of carbonyl (C=O) groups is 1. The minimum absolute atomic E-state index is 0.289.